The molecule has 4 aliphatic carbocycles. The molecular weight excluding hydrogens is 484 g/mol. The Kier molecular flexibility index (Phi) is 5.95. The van der Waals surface area contributed by atoms with Gasteiger partial charge in [-0.2, -0.15) is 0 Å². The minimum atomic E-state index is -1.67. The third kappa shape index (κ3) is 3.11. The van der Waals surface area contributed by atoms with Crippen LogP contribution in [-0.4, -0.2) is 53.2 Å². The second-order valence-corrected chi connectivity index (χ2v) is 14.1. The quantitative estimate of drug-likeness (QED) is 0.288. The van der Waals surface area contributed by atoms with Crippen molar-refractivity contribution in [3.8, 4) is 0 Å². The molecule has 0 amide bonds. The summed E-state index contributed by atoms with van der Waals surface area (Å²) >= 11 is 0. The highest BCUT2D eigenvalue weighted by Crippen LogP contribution is 2.80. The van der Waals surface area contributed by atoms with Crippen LogP contribution in [-0.2, 0) is 23.7 Å². The van der Waals surface area contributed by atoms with Crippen molar-refractivity contribution in [2.45, 2.75) is 110 Å². The lowest BCUT2D eigenvalue weighted by atomic mass is 9.35. The molecule has 0 aromatic carbocycles. The van der Waals surface area contributed by atoms with Gasteiger partial charge in [0.05, 0.1) is 24.0 Å². The molecule has 2 saturated heterocycles. The number of ketones is 1. The van der Waals surface area contributed by atoms with E-state index in [1.165, 1.54) is 5.57 Å². The predicted molar refractivity (Wildman–Crippen MR) is 140 cm³/mol. The Morgan fingerprint density at radius 1 is 1.21 bits per heavy atom. The fourth-order valence-electron chi connectivity index (χ4n) is 10.2. The normalized spacial score (nSPS) is 46.9. The number of aliphatic hydroxyl groups excluding tert-OH is 1. The van der Waals surface area contributed by atoms with E-state index in [0.29, 0.717) is 12.2 Å². The number of fused-ring (bicyclic) bond motifs is 2. The van der Waals surface area contributed by atoms with Gasteiger partial charge in [-0.1, -0.05) is 40.7 Å². The first-order chi connectivity index (χ1) is 17.8. The number of carbonyl (C=O) groups is 1. The number of Topliss-reactive ketones (excluding diaryl/α,β-unsaturated/α-hetero) is 1. The lowest BCUT2D eigenvalue weighted by Crippen LogP contribution is -2.84. The van der Waals surface area contributed by atoms with Gasteiger partial charge in [-0.15, -0.1) is 0 Å². The van der Waals surface area contributed by atoms with Crippen LogP contribution in [0.5, 0.6) is 0 Å². The standard InChI is InChI=1S/C31H46O7/c1-8-9-14-35-22-13-10-19-15-27(4,5)23-25(33)31(38-28(6,7)34)30-18(3)20(17(2)24(30)32)11-12-21(30)29(23,16-36-31)26(19)37-22/h18,20-23,25,33-34H,2,8-16H2,1,3-7H3/t18-,20+,21+,22+,23-,25+,29+,30+,31+/m1/s1. The van der Waals surface area contributed by atoms with Gasteiger partial charge >= 0.3 is 0 Å². The van der Waals surface area contributed by atoms with Gasteiger partial charge in [-0.25, -0.2) is 0 Å². The molecule has 3 saturated carbocycles. The van der Waals surface area contributed by atoms with Crippen molar-refractivity contribution in [3.63, 3.8) is 0 Å². The molecule has 4 bridgehead atoms. The van der Waals surface area contributed by atoms with Crippen LogP contribution in [0.3, 0.4) is 0 Å². The summed E-state index contributed by atoms with van der Waals surface area (Å²) in [6, 6.07) is 0. The van der Waals surface area contributed by atoms with Crippen LogP contribution in [0.2, 0.25) is 0 Å². The van der Waals surface area contributed by atoms with Crippen molar-refractivity contribution in [2.24, 2.45) is 39.9 Å². The first kappa shape index (κ1) is 26.9. The summed E-state index contributed by atoms with van der Waals surface area (Å²) < 4.78 is 26.1. The topological polar surface area (TPSA) is 94.5 Å². The van der Waals surface area contributed by atoms with Crippen molar-refractivity contribution in [1.82, 2.24) is 0 Å². The van der Waals surface area contributed by atoms with Gasteiger partial charge < -0.3 is 29.2 Å². The second-order valence-electron chi connectivity index (χ2n) is 14.1. The fourth-order valence-corrected chi connectivity index (χ4v) is 10.2. The van der Waals surface area contributed by atoms with Gasteiger partial charge in [-0.3, -0.25) is 4.79 Å². The molecule has 7 aliphatic rings. The van der Waals surface area contributed by atoms with Crippen LogP contribution in [0, 0.1) is 39.9 Å². The molecule has 2 spiro atoms. The van der Waals surface area contributed by atoms with E-state index in [-0.39, 0.29) is 47.8 Å². The highest BCUT2D eigenvalue weighted by molar-refractivity contribution is 6.04. The minimum absolute atomic E-state index is 0.00785. The highest BCUT2D eigenvalue weighted by atomic mass is 16.8. The molecule has 3 heterocycles. The van der Waals surface area contributed by atoms with Crippen LogP contribution in [0.4, 0.5) is 0 Å². The van der Waals surface area contributed by atoms with Crippen molar-refractivity contribution in [1.29, 1.82) is 0 Å². The number of aliphatic hydroxyl groups is 2. The first-order valence-corrected chi connectivity index (χ1v) is 14.8. The molecule has 0 unspecified atom stereocenters. The third-order valence-corrected chi connectivity index (χ3v) is 11.1. The summed E-state index contributed by atoms with van der Waals surface area (Å²) in [5.74, 6) is -3.05. The number of unbranched alkanes of at least 4 members (excludes halogenated alkanes) is 1. The predicted octanol–water partition coefficient (Wildman–Crippen LogP) is 4.86. The maximum atomic E-state index is 14.5. The zero-order chi connectivity index (χ0) is 27.5. The maximum Gasteiger partial charge on any atom is 0.211 e. The Bertz CT molecular complexity index is 1070. The van der Waals surface area contributed by atoms with Crippen LogP contribution in [0.15, 0.2) is 23.5 Å². The average Bonchev–Trinajstić information content (AvgIpc) is 2.93. The largest absolute Gasteiger partial charge is 0.469 e. The third-order valence-electron chi connectivity index (χ3n) is 11.1. The number of rotatable bonds is 6. The lowest BCUT2D eigenvalue weighted by Gasteiger charge is -2.75. The van der Waals surface area contributed by atoms with Crippen molar-refractivity contribution in [2.75, 3.05) is 13.2 Å². The Morgan fingerprint density at radius 2 is 1.95 bits per heavy atom. The molecule has 0 aromatic rings. The summed E-state index contributed by atoms with van der Waals surface area (Å²) in [6.07, 6.45) is 4.69. The molecule has 0 radical (unpaired) electrons. The van der Waals surface area contributed by atoms with E-state index in [2.05, 4.69) is 34.3 Å². The van der Waals surface area contributed by atoms with Gasteiger partial charge in [0, 0.05) is 12.3 Å². The molecule has 212 valence electrons. The Hall–Kier alpha value is -1.25. The van der Waals surface area contributed by atoms with Gasteiger partial charge in [-0.05, 0) is 80.3 Å². The Labute approximate surface area is 226 Å². The summed E-state index contributed by atoms with van der Waals surface area (Å²) in [5, 5.41) is 23.5. The molecule has 5 fully saturated rings. The summed E-state index contributed by atoms with van der Waals surface area (Å²) in [5.41, 5.74) is -0.274. The molecule has 7 nitrogen and oxygen atoms in total. The van der Waals surface area contributed by atoms with Crippen LogP contribution in [0.1, 0.15) is 86.5 Å². The van der Waals surface area contributed by atoms with Crippen LogP contribution in [0.25, 0.3) is 0 Å². The van der Waals surface area contributed by atoms with E-state index in [9.17, 15) is 15.0 Å². The van der Waals surface area contributed by atoms with Gasteiger partial charge in [0.15, 0.2) is 17.9 Å². The summed E-state index contributed by atoms with van der Waals surface area (Å²) in [4.78, 5) is 14.5. The van der Waals surface area contributed by atoms with E-state index in [4.69, 9.17) is 18.9 Å². The molecule has 7 rings (SSSR count). The number of allylic oxidation sites excluding steroid dienone is 2. The fraction of sp³-hybridized carbons (Fsp3) is 0.839. The van der Waals surface area contributed by atoms with E-state index < -0.39 is 28.5 Å². The monoisotopic (exact) mass is 530 g/mol. The zero-order valence-corrected chi connectivity index (χ0v) is 24.0. The molecule has 38 heavy (non-hydrogen) atoms. The summed E-state index contributed by atoms with van der Waals surface area (Å²) in [6.45, 7) is 16.9. The molecule has 7 heteroatoms. The first-order valence-electron chi connectivity index (χ1n) is 14.8. The molecule has 2 N–H and O–H groups in total. The Balaban J connectivity index is 1.56. The van der Waals surface area contributed by atoms with Crippen molar-refractivity contribution >= 4 is 5.78 Å². The highest BCUT2D eigenvalue weighted by Gasteiger charge is 2.87. The number of ether oxygens (including phenoxy) is 4. The Morgan fingerprint density at radius 3 is 2.63 bits per heavy atom. The molecular formula is C31H46O7. The number of hydrogen-bond donors (Lipinski definition) is 2. The minimum Gasteiger partial charge on any atom is -0.469 e. The smallest absolute Gasteiger partial charge is 0.211 e. The van der Waals surface area contributed by atoms with Crippen molar-refractivity contribution < 1.29 is 34.0 Å². The number of carbonyl (C=O) groups excluding carboxylic acids is 1. The lowest BCUT2D eigenvalue weighted by molar-refractivity contribution is -0.482. The van der Waals surface area contributed by atoms with Crippen LogP contribution < -0.4 is 0 Å². The average molecular weight is 531 g/mol. The second kappa shape index (κ2) is 8.39. The van der Waals surface area contributed by atoms with Gasteiger partial charge in [0.25, 0.3) is 0 Å². The number of hydrogen-bond acceptors (Lipinski definition) is 7. The van der Waals surface area contributed by atoms with E-state index in [1.54, 1.807) is 13.8 Å². The van der Waals surface area contributed by atoms with E-state index in [0.717, 1.165) is 50.7 Å². The summed E-state index contributed by atoms with van der Waals surface area (Å²) in [7, 11) is 0. The maximum absolute atomic E-state index is 14.5. The molecule has 0 aromatic heterocycles. The molecule has 9 atom stereocenters. The SMILES string of the molecule is C=C1C(=O)[C@]23[C@H](C)[C@H]1CC[C@H]2[C@@]12CO[C@]3(OC(C)(C)O)[C@@H](O)[C@@H]1C(C)(C)CC1=C2O[C@H](OCCCC)CC1. The van der Waals surface area contributed by atoms with Crippen LogP contribution >= 0.6 is 0 Å². The van der Waals surface area contributed by atoms with Gasteiger partial charge in [0.2, 0.25) is 5.79 Å². The molecule has 3 aliphatic heterocycles. The van der Waals surface area contributed by atoms with E-state index in [1.807, 2.05) is 0 Å². The van der Waals surface area contributed by atoms with Crippen molar-refractivity contribution in [3.05, 3.63) is 23.5 Å². The van der Waals surface area contributed by atoms with E-state index >= 15 is 0 Å². The zero-order valence-electron chi connectivity index (χ0n) is 24.0. The van der Waals surface area contributed by atoms with Gasteiger partial charge in [0.1, 0.15) is 11.9 Å².